The average Bonchev–Trinajstić information content (AvgIpc) is 3.25. The number of benzene rings is 4. The molecule has 0 radical (unpaired) electrons. The van der Waals surface area contributed by atoms with Gasteiger partial charge in [0.2, 0.25) is 0 Å². The van der Waals surface area contributed by atoms with Crippen molar-refractivity contribution in [3.8, 4) is 0 Å². The van der Waals surface area contributed by atoms with Crippen molar-refractivity contribution < 1.29 is 38.1 Å². The first kappa shape index (κ1) is 45.9. The Labute approximate surface area is 354 Å². The molecule has 0 aliphatic carbocycles. The SMILES string of the molecule is O=C(CCSCc1ccccc1)OCC(COC(=O)CCSCc1ccccc1)(COC(=O)CCSCc1ccccc1)COC(=O)CCSCc1ccccc1. The van der Waals surface area contributed by atoms with Crippen molar-refractivity contribution in [3.05, 3.63) is 144 Å². The van der Waals surface area contributed by atoms with Crippen LogP contribution in [-0.2, 0) is 61.1 Å². The largest absolute Gasteiger partial charge is 0.465 e. The molecular formula is C45H52O8S4. The summed E-state index contributed by atoms with van der Waals surface area (Å²) in [5.74, 6) is 3.42. The summed E-state index contributed by atoms with van der Waals surface area (Å²) < 4.78 is 23.0. The van der Waals surface area contributed by atoms with Crippen LogP contribution in [0.1, 0.15) is 47.9 Å². The van der Waals surface area contributed by atoms with Crippen LogP contribution < -0.4 is 0 Å². The molecule has 0 heterocycles. The first-order valence-corrected chi connectivity index (χ1v) is 23.6. The van der Waals surface area contributed by atoms with Crippen molar-refractivity contribution in [3.63, 3.8) is 0 Å². The van der Waals surface area contributed by atoms with Crippen LogP contribution in [0.25, 0.3) is 0 Å². The zero-order chi connectivity index (χ0) is 40.2. The third-order valence-corrected chi connectivity index (χ3v) is 12.5. The maximum atomic E-state index is 13.0. The molecular weight excluding hydrogens is 797 g/mol. The highest BCUT2D eigenvalue weighted by Gasteiger charge is 2.38. The van der Waals surface area contributed by atoms with E-state index in [1.54, 1.807) is 47.0 Å². The van der Waals surface area contributed by atoms with Crippen LogP contribution >= 0.6 is 47.0 Å². The van der Waals surface area contributed by atoms with Crippen LogP contribution in [0.5, 0.6) is 0 Å². The van der Waals surface area contributed by atoms with Crippen molar-refractivity contribution >= 4 is 70.9 Å². The Hall–Kier alpha value is -3.84. The van der Waals surface area contributed by atoms with Crippen molar-refractivity contribution in [1.82, 2.24) is 0 Å². The molecule has 4 aromatic carbocycles. The van der Waals surface area contributed by atoms with Gasteiger partial charge in [0.25, 0.3) is 0 Å². The number of esters is 4. The quantitative estimate of drug-likeness (QED) is 0.0309. The lowest BCUT2D eigenvalue weighted by molar-refractivity contribution is -0.170. The van der Waals surface area contributed by atoms with Crippen LogP contribution in [-0.4, -0.2) is 73.3 Å². The molecule has 0 saturated heterocycles. The number of ether oxygens (including phenoxy) is 4. The molecule has 0 amide bonds. The molecule has 12 heteroatoms. The van der Waals surface area contributed by atoms with E-state index in [-0.39, 0.29) is 52.1 Å². The topological polar surface area (TPSA) is 105 Å². The van der Waals surface area contributed by atoms with Crippen LogP contribution in [0.3, 0.4) is 0 Å². The van der Waals surface area contributed by atoms with Crippen molar-refractivity contribution in [2.45, 2.75) is 48.7 Å². The van der Waals surface area contributed by atoms with E-state index in [4.69, 9.17) is 18.9 Å². The Bertz CT molecular complexity index is 1470. The van der Waals surface area contributed by atoms with E-state index in [2.05, 4.69) is 0 Å². The zero-order valence-electron chi connectivity index (χ0n) is 32.3. The van der Waals surface area contributed by atoms with E-state index < -0.39 is 29.3 Å². The summed E-state index contributed by atoms with van der Waals surface area (Å²) >= 11 is 6.48. The van der Waals surface area contributed by atoms with E-state index >= 15 is 0 Å². The molecule has 0 bridgehead atoms. The molecule has 4 rings (SSSR count). The molecule has 0 fully saturated rings. The second-order valence-corrected chi connectivity index (χ2v) is 17.7. The van der Waals surface area contributed by atoms with Crippen molar-refractivity contribution in [2.24, 2.45) is 5.41 Å². The second-order valence-electron chi connectivity index (χ2n) is 13.3. The Balaban J connectivity index is 1.35. The molecule has 0 spiro atoms. The van der Waals surface area contributed by atoms with Gasteiger partial charge in [-0.15, -0.1) is 0 Å². The fraction of sp³-hybridized carbons (Fsp3) is 0.378. The predicted octanol–water partition coefficient (Wildman–Crippen LogP) is 9.44. The molecule has 0 N–H and O–H groups in total. The van der Waals surface area contributed by atoms with E-state index in [1.807, 2.05) is 121 Å². The minimum atomic E-state index is -1.31. The Morgan fingerprint density at radius 2 is 0.561 bits per heavy atom. The van der Waals surface area contributed by atoms with Gasteiger partial charge < -0.3 is 18.9 Å². The molecule has 57 heavy (non-hydrogen) atoms. The number of thioether (sulfide) groups is 4. The van der Waals surface area contributed by atoms with Crippen LogP contribution in [0.2, 0.25) is 0 Å². The van der Waals surface area contributed by atoms with Crippen LogP contribution in [0.15, 0.2) is 121 Å². The molecule has 4 aromatic rings. The molecule has 0 saturated carbocycles. The lowest BCUT2D eigenvalue weighted by atomic mass is 9.92. The molecule has 304 valence electrons. The minimum Gasteiger partial charge on any atom is -0.465 e. The first-order chi connectivity index (χ1) is 27.9. The highest BCUT2D eigenvalue weighted by atomic mass is 32.2. The van der Waals surface area contributed by atoms with Gasteiger partial charge in [-0.2, -0.15) is 47.0 Å². The minimum absolute atomic E-state index is 0.156. The fourth-order valence-corrected chi connectivity index (χ4v) is 8.69. The van der Waals surface area contributed by atoms with Crippen molar-refractivity contribution in [2.75, 3.05) is 49.4 Å². The lowest BCUT2D eigenvalue weighted by Crippen LogP contribution is -2.44. The number of hydrogen-bond donors (Lipinski definition) is 0. The standard InChI is InChI=1S/C45H52O8S4/c46-41(21-25-54-29-37-13-5-1-6-14-37)50-33-45(34-51-42(47)22-26-55-30-38-15-7-2-8-16-38,35-52-43(48)23-27-56-31-39-17-9-3-10-18-39)36-53-44(49)24-28-57-32-40-19-11-4-12-20-40/h1-20H,21-36H2. The second kappa shape index (κ2) is 27.7. The van der Waals surface area contributed by atoms with Gasteiger partial charge in [-0.1, -0.05) is 121 Å². The van der Waals surface area contributed by atoms with Gasteiger partial charge in [-0.05, 0) is 22.3 Å². The highest BCUT2D eigenvalue weighted by Crippen LogP contribution is 2.24. The highest BCUT2D eigenvalue weighted by molar-refractivity contribution is 7.99. The van der Waals surface area contributed by atoms with Crippen molar-refractivity contribution in [1.29, 1.82) is 0 Å². The smallest absolute Gasteiger partial charge is 0.306 e. The predicted molar refractivity (Wildman–Crippen MR) is 235 cm³/mol. The first-order valence-electron chi connectivity index (χ1n) is 19.0. The lowest BCUT2D eigenvalue weighted by Gasteiger charge is -2.31. The van der Waals surface area contributed by atoms with Gasteiger partial charge in [0.05, 0.1) is 25.7 Å². The number of carbonyl (C=O) groups is 4. The molecule has 0 unspecified atom stereocenters. The maximum absolute atomic E-state index is 13.0. The summed E-state index contributed by atoms with van der Waals surface area (Å²) in [5, 5.41) is 0. The summed E-state index contributed by atoms with van der Waals surface area (Å²) in [6.45, 7) is -1.07. The number of carbonyl (C=O) groups excluding carboxylic acids is 4. The average molecular weight is 849 g/mol. The van der Waals surface area contributed by atoms with E-state index in [1.165, 1.54) is 0 Å². The molecule has 0 aromatic heterocycles. The third-order valence-electron chi connectivity index (χ3n) is 8.41. The fourth-order valence-electron chi connectivity index (χ4n) is 5.15. The van der Waals surface area contributed by atoms with E-state index in [0.29, 0.717) is 23.0 Å². The summed E-state index contributed by atoms with van der Waals surface area (Å²) in [6, 6.07) is 40.0. The Morgan fingerprint density at radius 1 is 0.351 bits per heavy atom. The van der Waals surface area contributed by atoms with E-state index in [0.717, 1.165) is 45.3 Å². The van der Waals surface area contributed by atoms with E-state index in [9.17, 15) is 19.2 Å². The molecule has 0 aliphatic heterocycles. The van der Waals surface area contributed by atoms with Gasteiger partial charge in [0.1, 0.15) is 31.8 Å². The van der Waals surface area contributed by atoms with Gasteiger partial charge in [0, 0.05) is 46.0 Å². The molecule has 0 aliphatic rings. The monoisotopic (exact) mass is 848 g/mol. The summed E-state index contributed by atoms with van der Waals surface area (Å²) in [4.78, 5) is 52.1. The zero-order valence-corrected chi connectivity index (χ0v) is 35.5. The van der Waals surface area contributed by atoms with Gasteiger partial charge in [-0.25, -0.2) is 0 Å². The Morgan fingerprint density at radius 3 is 0.772 bits per heavy atom. The number of rotatable bonds is 28. The summed E-state index contributed by atoms with van der Waals surface area (Å²) in [5.41, 5.74) is 3.34. The molecule has 8 nitrogen and oxygen atoms in total. The summed E-state index contributed by atoms with van der Waals surface area (Å²) in [7, 11) is 0. The van der Waals surface area contributed by atoms with Gasteiger partial charge in [-0.3, -0.25) is 19.2 Å². The normalized spacial score (nSPS) is 11.1. The van der Waals surface area contributed by atoms with Gasteiger partial charge in [0.15, 0.2) is 0 Å². The van der Waals surface area contributed by atoms with Crippen LogP contribution in [0, 0.1) is 5.41 Å². The number of hydrogen-bond acceptors (Lipinski definition) is 12. The maximum Gasteiger partial charge on any atom is 0.306 e. The Kier molecular flexibility index (Phi) is 22.3. The van der Waals surface area contributed by atoms with Crippen LogP contribution in [0.4, 0.5) is 0 Å². The third kappa shape index (κ3) is 20.4. The van der Waals surface area contributed by atoms with Gasteiger partial charge >= 0.3 is 23.9 Å². The summed E-state index contributed by atoms with van der Waals surface area (Å²) in [6.07, 6.45) is 0.622. The molecule has 0 atom stereocenters.